The highest BCUT2D eigenvalue weighted by atomic mass is 16.7. The molecule has 0 aliphatic carbocycles. The molecule has 1 N–H and O–H groups in total. The topological polar surface area (TPSA) is 149 Å². The molecule has 45 heavy (non-hydrogen) atoms. The van der Waals surface area contributed by atoms with Crippen LogP contribution in [0.15, 0.2) is 76.4 Å². The minimum Gasteiger partial charge on any atom is -0.459 e. The van der Waals surface area contributed by atoms with Crippen molar-refractivity contribution in [3.8, 4) is 0 Å². The Balaban J connectivity index is 1.62. The van der Waals surface area contributed by atoms with Crippen LogP contribution in [-0.2, 0) is 23.7 Å². The van der Waals surface area contributed by atoms with Crippen LogP contribution in [0.1, 0.15) is 39.4 Å². The Kier molecular flexibility index (Phi) is 9.61. The lowest BCUT2D eigenvalue weighted by molar-refractivity contribution is -0.156. The monoisotopic (exact) mass is 620 g/mol. The minimum atomic E-state index is -1.61. The Morgan fingerprint density at radius 2 is 1.51 bits per heavy atom. The van der Waals surface area contributed by atoms with Gasteiger partial charge in [-0.3, -0.25) is 24.0 Å². The molecule has 0 bridgehead atoms. The average Bonchev–Trinajstić information content (AvgIpc) is 3.31. The van der Waals surface area contributed by atoms with Crippen molar-refractivity contribution in [3.63, 3.8) is 0 Å². The van der Waals surface area contributed by atoms with E-state index in [0.717, 1.165) is 17.7 Å². The van der Waals surface area contributed by atoms with Crippen molar-refractivity contribution in [1.29, 1.82) is 0 Å². The third-order valence-corrected chi connectivity index (χ3v) is 7.96. The fourth-order valence-corrected chi connectivity index (χ4v) is 5.58. The lowest BCUT2D eigenvalue weighted by atomic mass is 9.94. The van der Waals surface area contributed by atoms with Crippen LogP contribution in [0.5, 0.6) is 0 Å². The molecule has 0 radical (unpaired) electrons. The fourth-order valence-electron chi connectivity index (χ4n) is 5.58. The van der Waals surface area contributed by atoms with Gasteiger partial charge in [0.25, 0.3) is 5.56 Å². The number of carbonyl (C=O) groups is 3. The van der Waals surface area contributed by atoms with Crippen molar-refractivity contribution in [2.45, 2.75) is 37.9 Å². The smallest absolute Gasteiger partial charge is 0.338 e. The van der Waals surface area contributed by atoms with Gasteiger partial charge in [0.15, 0.2) is 24.0 Å². The molecule has 2 aromatic carbocycles. The molecular weight excluding hydrogens is 584 g/mol. The van der Waals surface area contributed by atoms with Crippen molar-refractivity contribution >= 4 is 17.9 Å². The first-order valence-corrected chi connectivity index (χ1v) is 14.6. The van der Waals surface area contributed by atoms with E-state index in [4.69, 9.17) is 18.9 Å². The second-order valence-corrected chi connectivity index (χ2v) is 11.3. The molecule has 2 aliphatic heterocycles. The molecule has 2 aliphatic rings. The molecule has 238 valence electrons. The molecule has 0 saturated carbocycles. The molecule has 13 heteroatoms. The number of H-pyrrole nitrogens is 1. The number of nitrogens with zero attached hydrogens (tertiary/aromatic N) is 3. The molecule has 1 aromatic heterocycles. The van der Waals surface area contributed by atoms with Crippen molar-refractivity contribution in [3.05, 3.63) is 104 Å². The maximum Gasteiger partial charge on any atom is 0.338 e. The summed E-state index contributed by atoms with van der Waals surface area (Å²) in [7, 11) is 2.00. The van der Waals surface area contributed by atoms with Gasteiger partial charge in [0.05, 0.1) is 11.1 Å². The number of esters is 3. The van der Waals surface area contributed by atoms with Gasteiger partial charge in [-0.25, -0.2) is 14.4 Å². The molecule has 2 saturated heterocycles. The summed E-state index contributed by atoms with van der Waals surface area (Å²) in [6, 6.07) is 16.6. The predicted octanol–water partition coefficient (Wildman–Crippen LogP) is 1.37. The maximum absolute atomic E-state index is 13.6. The molecule has 0 amide bonds. The van der Waals surface area contributed by atoms with Gasteiger partial charge in [-0.1, -0.05) is 36.4 Å². The number of ether oxygens (including phenoxy) is 4. The molecular formula is C32H36N4O9. The van der Waals surface area contributed by atoms with Crippen LogP contribution in [0.2, 0.25) is 0 Å². The molecule has 0 unspecified atom stereocenters. The van der Waals surface area contributed by atoms with Gasteiger partial charge in [-0.05, 0) is 38.2 Å². The van der Waals surface area contributed by atoms with Crippen LogP contribution >= 0.6 is 0 Å². The maximum atomic E-state index is 13.6. The van der Waals surface area contributed by atoms with Crippen LogP contribution < -0.4 is 11.2 Å². The second kappa shape index (κ2) is 13.6. The van der Waals surface area contributed by atoms with Crippen molar-refractivity contribution in [2.75, 3.05) is 46.4 Å². The number of hydrogen-bond acceptors (Lipinski definition) is 11. The Morgan fingerprint density at radius 3 is 2.11 bits per heavy atom. The van der Waals surface area contributed by atoms with E-state index in [1.54, 1.807) is 60.7 Å². The van der Waals surface area contributed by atoms with Gasteiger partial charge >= 0.3 is 23.6 Å². The Morgan fingerprint density at radius 1 is 0.911 bits per heavy atom. The summed E-state index contributed by atoms with van der Waals surface area (Å²) in [6.07, 6.45) is -2.77. The lowest BCUT2D eigenvalue weighted by Gasteiger charge is -2.40. The number of carbonyl (C=O) groups excluding carboxylic acids is 3. The van der Waals surface area contributed by atoms with Crippen molar-refractivity contribution in [1.82, 2.24) is 19.4 Å². The van der Waals surface area contributed by atoms with E-state index in [1.165, 1.54) is 20.0 Å². The van der Waals surface area contributed by atoms with Gasteiger partial charge in [-0.15, -0.1) is 0 Å². The number of hydrogen-bond donors (Lipinski definition) is 1. The Bertz CT molecular complexity index is 1630. The molecule has 13 nitrogen and oxygen atoms in total. The molecule has 3 aromatic rings. The number of rotatable bonds is 9. The zero-order valence-electron chi connectivity index (χ0n) is 25.3. The molecule has 3 heterocycles. The summed E-state index contributed by atoms with van der Waals surface area (Å²) in [5.74, 6) is -2.10. The third kappa shape index (κ3) is 7.22. The van der Waals surface area contributed by atoms with E-state index in [0.29, 0.717) is 18.7 Å². The number of nitrogens with one attached hydrogen (secondary N) is 1. The number of likely N-dealkylation sites (N-methyl/N-ethyl adjacent to an activating group) is 1. The molecule has 0 spiro atoms. The number of piperazine rings is 1. The first-order valence-electron chi connectivity index (χ1n) is 14.6. The zero-order valence-corrected chi connectivity index (χ0v) is 25.3. The van der Waals surface area contributed by atoms with E-state index in [-0.39, 0.29) is 17.7 Å². The minimum absolute atomic E-state index is 0.0982. The Hall–Kier alpha value is -4.59. The average molecular weight is 621 g/mol. The van der Waals surface area contributed by atoms with E-state index >= 15 is 0 Å². The van der Waals surface area contributed by atoms with Crippen LogP contribution in [0.25, 0.3) is 0 Å². The van der Waals surface area contributed by atoms with Gasteiger partial charge in [0.1, 0.15) is 6.61 Å². The first-order chi connectivity index (χ1) is 21.6. The van der Waals surface area contributed by atoms with E-state index in [1.807, 2.05) is 7.05 Å². The van der Waals surface area contributed by atoms with Gasteiger partial charge < -0.3 is 23.8 Å². The summed E-state index contributed by atoms with van der Waals surface area (Å²) in [4.78, 5) is 71.1. The van der Waals surface area contributed by atoms with Gasteiger partial charge in [0, 0.05) is 51.4 Å². The quantitative estimate of drug-likeness (QED) is 0.273. The highest BCUT2D eigenvalue weighted by Gasteiger charge is 2.61. The number of benzene rings is 2. The van der Waals surface area contributed by atoms with Gasteiger partial charge in [0.2, 0.25) is 0 Å². The van der Waals surface area contributed by atoms with Crippen LogP contribution in [0, 0.1) is 6.92 Å². The van der Waals surface area contributed by atoms with Crippen LogP contribution in [0.4, 0.5) is 0 Å². The predicted molar refractivity (Wildman–Crippen MR) is 161 cm³/mol. The zero-order chi connectivity index (χ0) is 32.1. The summed E-state index contributed by atoms with van der Waals surface area (Å²) >= 11 is 0. The number of aromatic nitrogens is 2. The SMILES string of the molecule is CC(=O)O[C@H]1[C@H](n2cc(C)c(=O)[nH]c2=O)O[C@@](COC(=O)c2ccccc2)(CN2CCN(C)CC2)[C@@H]1OC(=O)c1ccccc1. The largest absolute Gasteiger partial charge is 0.459 e. The normalized spacial score (nSPS) is 23.8. The molecule has 2 fully saturated rings. The van der Waals surface area contributed by atoms with Crippen molar-refractivity contribution < 1.29 is 33.3 Å². The Labute approximate surface area is 259 Å². The van der Waals surface area contributed by atoms with E-state index in [9.17, 15) is 24.0 Å². The highest BCUT2D eigenvalue weighted by Crippen LogP contribution is 2.42. The fraction of sp³-hybridized carbons (Fsp3) is 0.406. The lowest BCUT2D eigenvalue weighted by Crippen LogP contribution is -2.59. The van der Waals surface area contributed by atoms with E-state index < -0.39 is 59.8 Å². The van der Waals surface area contributed by atoms with Gasteiger partial charge in [-0.2, -0.15) is 0 Å². The summed E-state index contributed by atoms with van der Waals surface area (Å²) in [5, 5.41) is 0. The van der Waals surface area contributed by atoms with Crippen molar-refractivity contribution in [2.24, 2.45) is 0 Å². The standard InChI is InChI=1S/C32H36N4O9/c1-21-18-36(31(41)33-27(21)38)28-25(43-22(2)37)26(44-30(40)24-12-8-5-9-13-24)32(45-28,19-35-16-14-34(3)15-17-35)20-42-29(39)23-10-6-4-7-11-23/h4-13,18,25-26,28H,14-17,19-20H2,1-3H3,(H,33,38,41)/t25-,26-,28-,32-/m1/s1. The summed E-state index contributed by atoms with van der Waals surface area (Å²) in [5.41, 5.74) is -2.30. The first kappa shape index (κ1) is 31.8. The second-order valence-electron chi connectivity index (χ2n) is 11.3. The molecule has 4 atom stereocenters. The van der Waals surface area contributed by atoms with Crippen LogP contribution in [0.3, 0.4) is 0 Å². The number of aryl methyl sites for hydroxylation is 1. The summed E-state index contributed by atoms with van der Waals surface area (Å²) in [6.45, 7) is 5.10. The highest BCUT2D eigenvalue weighted by molar-refractivity contribution is 5.90. The number of aromatic amines is 1. The van der Waals surface area contributed by atoms with E-state index in [2.05, 4.69) is 14.8 Å². The molecule has 5 rings (SSSR count). The third-order valence-electron chi connectivity index (χ3n) is 7.96. The van der Waals surface area contributed by atoms with Crippen LogP contribution in [-0.4, -0.2) is 101 Å². The summed E-state index contributed by atoms with van der Waals surface area (Å²) < 4.78 is 25.4.